The number of carbonyl (C=O) groups is 2. The highest BCUT2D eigenvalue weighted by Crippen LogP contribution is 2.48. The van der Waals surface area contributed by atoms with Crippen LogP contribution in [0.1, 0.15) is 75.9 Å². The number of nitrogens with zero attached hydrogens (tertiary/aromatic N) is 2. The Morgan fingerprint density at radius 2 is 1.55 bits per heavy atom. The molecule has 0 bridgehead atoms. The van der Waals surface area contributed by atoms with Crippen molar-refractivity contribution in [2.75, 3.05) is 23.3 Å². The number of allylic oxidation sites excluding steroid dienone is 6. The molecule has 280 valence electrons. The number of likely N-dealkylation sites (N-methyl/N-ethyl adjacent to an activating group) is 1. The van der Waals surface area contributed by atoms with E-state index in [1.807, 2.05) is 32.9 Å². The van der Waals surface area contributed by atoms with Crippen molar-refractivity contribution >= 4 is 55.4 Å². The maximum Gasteiger partial charge on any atom is 0.425 e. The molecule has 5 rings (SSSR count). The highest BCUT2D eigenvalue weighted by molar-refractivity contribution is 7.85. The van der Waals surface area contributed by atoms with E-state index in [4.69, 9.17) is 12.6 Å². The van der Waals surface area contributed by atoms with Crippen molar-refractivity contribution in [3.8, 4) is 0 Å². The van der Waals surface area contributed by atoms with Crippen LogP contribution in [-0.2, 0) is 36.4 Å². The molecule has 0 saturated carbocycles. The smallest absolute Gasteiger partial charge is 0.425 e. The summed E-state index contributed by atoms with van der Waals surface area (Å²) in [5.41, 5.74) is 7.01. The minimum atomic E-state index is -4.37. The summed E-state index contributed by atoms with van der Waals surface area (Å²) in [6, 6.07) is 19.2. The van der Waals surface area contributed by atoms with Gasteiger partial charge in [0.2, 0.25) is 11.6 Å². The fourth-order valence-corrected chi connectivity index (χ4v) is 7.42. The molecule has 3 aromatic carbocycles. The molecule has 0 saturated heterocycles. The second kappa shape index (κ2) is 16.2. The molecule has 0 aromatic heterocycles. The van der Waals surface area contributed by atoms with Crippen LogP contribution in [0.25, 0.3) is 0 Å². The lowest BCUT2D eigenvalue weighted by molar-refractivity contribution is -0.433. The molecule has 2 heterocycles. The number of para-hydroxylation sites is 1. The van der Waals surface area contributed by atoms with E-state index in [0.717, 1.165) is 34.8 Å². The summed E-state index contributed by atoms with van der Waals surface area (Å²) in [6.07, 6.45) is 8.89. The molecule has 0 atom stereocenters. The van der Waals surface area contributed by atoms with Gasteiger partial charge in [-0.15, -0.1) is 12.6 Å². The highest BCUT2D eigenvalue weighted by atomic mass is 32.2. The summed E-state index contributed by atoms with van der Waals surface area (Å²) in [4.78, 5) is 26.3. The van der Waals surface area contributed by atoms with Crippen LogP contribution in [0.4, 0.5) is 17.1 Å². The average Bonchev–Trinajstić information content (AvgIpc) is 3.45. The van der Waals surface area contributed by atoms with Crippen LogP contribution in [0.15, 0.2) is 107 Å². The second-order valence-electron chi connectivity index (χ2n) is 13.6. The van der Waals surface area contributed by atoms with E-state index >= 15 is 0 Å². The van der Waals surface area contributed by atoms with Crippen LogP contribution in [0, 0.1) is 0 Å². The van der Waals surface area contributed by atoms with E-state index in [0.29, 0.717) is 18.7 Å². The highest BCUT2D eigenvalue weighted by Gasteiger charge is 2.43. The predicted octanol–water partition coefficient (Wildman–Crippen LogP) is 6.63. The van der Waals surface area contributed by atoms with Gasteiger partial charge in [0.1, 0.15) is 6.54 Å². The van der Waals surface area contributed by atoms with Gasteiger partial charge in [-0.3, -0.25) is 9.35 Å². The van der Waals surface area contributed by atoms with Crippen molar-refractivity contribution in [1.82, 2.24) is 0 Å². The van der Waals surface area contributed by atoms with Gasteiger partial charge in [0, 0.05) is 53.2 Å². The fraction of sp³-hybridized carbons (Fsp3) is 0.308. The quantitative estimate of drug-likeness (QED) is 0.109. The van der Waals surface area contributed by atoms with Crippen LogP contribution in [0.5, 0.6) is 0 Å². The van der Waals surface area contributed by atoms with Crippen molar-refractivity contribution in [2.24, 2.45) is 0 Å². The molecule has 0 aliphatic carbocycles. The molecule has 3 aromatic rings. The molecule has 0 fully saturated rings. The molecule has 53 heavy (non-hydrogen) atoms. The van der Waals surface area contributed by atoms with Crippen LogP contribution in [0.2, 0.25) is 0 Å². The third-order valence-electron chi connectivity index (χ3n) is 9.56. The summed E-state index contributed by atoms with van der Waals surface area (Å²) >= 11 is 0. The molecule has 2 aliphatic rings. The monoisotopic (exact) mass is 762 g/mol. The van der Waals surface area contributed by atoms with Gasteiger partial charge in [-0.05, 0) is 93.8 Å². The predicted molar refractivity (Wildman–Crippen MR) is 204 cm³/mol. The van der Waals surface area contributed by atoms with Crippen molar-refractivity contribution in [3.05, 3.63) is 119 Å². The number of fused-ring (bicyclic) bond motifs is 2. The number of anilines is 2. The van der Waals surface area contributed by atoms with E-state index < -0.39 is 32.1 Å². The Balaban J connectivity index is 0.00000149. The number of carboxylic acids is 1. The molecular weight excluding hydrogens is 719 g/mol. The Morgan fingerprint density at radius 3 is 2.13 bits per heavy atom. The lowest BCUT2D eigenvalue weighted by Crippen LogP contribution is -2.27. The van der Waals surface area contributed by atoms with Crippen molar-refractivity contribution in [1.29, 1.82) is 0 Å². The zero-order valence-corrected chi connectivity index (χ0v) is 32.1. The molecule has 1 amide bonds. The molecule has 3 N–H and O–H groups in total. The normalized spacial score (nSPS) is 16.6. The van der Waals surface area contributed by atoms with Gasteiger partial charge < -0.3 is 15.3 Å². The summed E-state index contributed by atoms with van der Waals surface area (Å²) in [5.74, 6) is -1.23. The molecule has 14 heteroatoms. The van der Waals surface area contributed by atoms with Crippen LogP contribution in [0.3, 0.4) is 0 Å². The lowest BCUT2D eigenvalue weighted by Gasteiger charge is -2.26. The molecule has 0 unspecified atom stereocenters. The lowest BCUT2D eigenvalue weighted by atomic mass is 9.81. The average molecular weight is 763 g/mol. The minimum Gasteiger partial charge on any atom is -0.478 e. The van der Waals surface area contributed by atoms with E-state index in [9.17, 15) is 27.7 Å². The second-order valence-corrected chi connectivity index (χ2v) is 15.4. The first-order valence-corrected chi connectivity index (χ1v) is 19.4. The molecule has 2 aliphatic heterocycles. The van der Waals surface area contributed by atoms with Crippen LogP contribution < -0.4 is 10.2 Å². The number of nitrogens with one attached hydrogen (secondary N) is 1. The van der Waals surface area contributed by atoms with Gasteiger partial charge in [-0.2, -0.15) is 13.0 Å². The summed E-state index contributed by atoms with van der Waals surface area (Å²) in [6.45, 7) is 14.1. The number of aromatic carboxylic acids is 1. The first-order valence-electron chi connectivity index (χ1n) is 17.0. The number of benzene rings is 3. The van der Waals surface area contributed by atoms with Gasteiger partial charge >= 0.3 is 16.6 Å². The summed E-state index contributed by atoms with van der Waals surface area (Å²) < 4.78 is 61.3. The van der Waals surface area contributed by atoms with E-state index in [2.05, 4.69) is 72.0 Å². The Labute approximate surface area is 311 Å². The Kier molecular flexibility index (Phi) is 12.4. The Morgan fingerprint density at radius 1 is 0.906 bits per heavy atom. The Hall–Kier alpha value is -5.18. The largest absolute Gasteiger partial charge is 0.478 e. The number of rotatable bonds is 11. The van der Waals surface area contributed by atoms with Gasteiger partial charge in [0.15, 0.2) is 5.71 Å². The zero-order valence-electron chi connectivity index (χ0n) is 30.5. The van der Waals surface area contributed by atoms with Crippen LogP contribution >= 0.6 is 0 Å². The number of amides is 1. The van der Waals surface area contributed by atoms with Crippen LogP contribution in [-0.4, -0.2) is 66.0 Å². The summed E-state index contributed by atoms with van der Waals surface area (Å²) in [7, 11) is -7.48. The van der Waals surface area contributed by atoms with E-state index in [1.165, 1.54) is 29.4 Å². The van der Waals surface area contributed by atoms with Crippen molar-refractivity contribution in [3.63, 3.8) is 0 Å². The van der Waals surface area contributed by atoms with Gasteiger partial charge in [0.05, 0.1) is 15.9 Å². The van der Waals surface area contributed by atoms with Gasteiger partial charge in [-0.25, -0.2) is 4.79 Å². The standard InChI is InChI=1S/C39H43N3O6S.O3S/c1-7-41-32-12-10-9-11-30(32)38(3,4)34(41)22-13-26(15-24-36(43)40-28-18-16-27(17-19-28)37(44)45)14-23-35-39(5,6)31-25-29(49(46,47)48)20-21-33(31)42(35)8-2;1-4(2)3/h9-14,16-23,25H,7-8,15,24H2,1-6H3,(H2-,40,43,44,45,46,47,48);/p+1. The number of carboxylic acid groups (broad SMARTS) is 1. The first kappa shape index (κ1) is 40.6. The maximum atomic E-state index is 13.1. The van der Waals surface area contributed by atoms with E-state index in [-0.39, 0.29) is 28.2 Å². The third-order valence-corrected chi connectivity index (χ3v) is 10.4. The minimum absolute atomic E-state index is 0.142. The molecule has 0 radical (unpaired) electrons. The first-order chi connectivity index (χ1) is 24.8. The van der Waals surface area contributed by atoms with Crippen molar-refractivity contribution < 1.29 is 44.9 Å². The summed E-state index contributed by atoms with van der Waals surface area (Å²) in [5, 5.41) is 12.1. The number of carbonyl (C=O) groups excluding carboxylic acids is 1. The molecule has 12 nitrogen and oxygen atoms in total. The Bertz CT molecular complexity index is 2260. The fourth-order valence-electron chi connectivity index (χ4n) is 6.91. The maximum absolute atomic E-state index is 13.1. The zero-order chi connectivity index (χ0) is 39.3. The van der Waals surface area contributed by atoms with Gasteiger partial charge in [-0.1, -0.05) is 44.2 Å². The third kappa shape index (κ3) is 9.07. The van der Waals surface area contributed by atoms with E-state index in [1.54, 1.807) is 24.3 Å². The van der Waals surface area contributed by atoms with Crippen molar-refractivity contribution in [2.45, 2.75) is 70.1 Å². The van der Waals surface area contributed by atoms with Gasteiger partial charge in [0.25, 0.3) is 10.1 Å². The molecular formula is C39H44N3O9S2+. The number of hydrogen-bond donors (Lipinski definition) is 3. The SMILES string of the molecule is CCN1C(=CC=C(C=CC2=[N+](CC)c3ccccc3C2(C)C)CCC(=O)Nc2ccc(C(=O)O)cc2)C(C)(C)c2cc(S(=O)(=O)O)ccc21.O=S(=O)=O. The number of hydrogen-bond acceptors (Lipinski definition) is 8. The molecule has 0 spiro atoms. The topological polar surface area (TPSA) is 178 Å².